The maximum atomic E-state index is 12.8. The molecule has 0 amide bonds. The highest BCUT2D eigenvalue weighted by Crippen LogP contribution is 2.34. The third-order valence-electron chi connectivity index (χ3n) is 3.18. The second-order valence-electron chi connectivity index (χ2n) is 4.87. The average molecular weight is 431 g/mol. The minimum Gasteiger partial charge on any atom is -0.492 e. The maximum absolute atomic E-state index is 12.8. The molecule has 0 atom stereocenters. The van der Waals surface area contributed by atoms with Crippen molar-refractivity contribution in [2.24, 2.45) is 0 Å². The first-order valence-electron chi connectivity index (χ1n) is 7.16. The summed E-state index contributed by atoms with van der Waals surface area (Å²) in [6.45, 7) is 4.20. The van der Waals surface area contributed by atoms with Crippen molar-refractivity contribution in [2.45, 2.75) is 19.9 Å². The van der Waals surface area contributed by atoms with E-state index in [-0.39, 0.29) is 5.82 Å². The van der Waals surface area contributed by atoms with Gasteiger partial charge in [0, 0.05) is 6.54 Å². The Kier molecular flexibility index (Phi) is 6.86. The van der Waals surface area contributed by atoms with Gasteiger partial charge in [-0.2, -0.15) is 0 Å². The smallest absolute Gasteiger partial charge is 0.147 e. The van der Waals surface area contributed by atoms with Gasteiger partial charge in [0.15, 0.2) is 0 Å². The Morgan fingerprint density at radius 2 is 1.68 bits per heavy atom. The van der Waals surface area contributed by atoms with Crippen LogP contribution in [0.5, 0.6) is 5.75 Å². The molecule has 0 saturated carbocycles. The van der Waals surface area contributed by atoms with E-state index in [4.69, 9.17) is 4.74 Å². The van der Waals surface area contributed by atoms with E-state index < -0.39 is 0 Å². The summed E-state index contributed by atoms with van der Waals surface area (Å²) < 4.78 is 20.3. The molecule has 2 aromatic carbocycles. The number of halogens is 3. The molecule has 0 bridgehead atoms. The fourth-order valence-corrected chi connectivity index (χ4v) is 3.62. The van der Waals surface area contributed by atoms with E-state index in [0.717, 1.165) is 39.8 Å². The first kappa shape index (κ1) is 17.4. The zero-order valence-electron chi connectivity index (χ0n) is 12.3. The van der Waals surface area contributed by atoms with Gasteiger partial charge in [0.05, 0.1) is 15.6 Å². The largest absolute Gasteiger partial charge is 0.492 e. The van der Waals surface area contributed by atoms with Gasteiger partial charge in [-0.05, 0) is 87.1 Å². The van der Waals surface area contributed by atoms with Crippen LogP contribution in [0.15, 0.2) is 45.3 Å². The molecule has 118 valence electrons. The third kappa shape index (κ3) is 5.07. The minimum absolute atomic E-state index is 0.194. The molecule has 0 saturated heterocycles. The van der Waals surface area contributed by atoms with Crippen LogP contribution in [0, 0.1) is 5.82 Å². The van der Waals surface area contributed by atoms with Crippen LogP contribution in [0.25, 0.3) is 0 Å². The molecule has 0 aliphatic carbocycles. The van der Waals surface area contributed by atoms with Crippen molar-refractivity contribution in [2.75, 3.05) is 13.2 Å². The monoisotopic (exact) mass is 429 g/mol. The average Bonchev–Trinajstić information content (AvgIpc) is 2.49. The summed E-state index contributed by atoms with van der Waals surface area (Å²) in [5, 5.41) is 3.39. The van der Waals surface area contributed by atoms with Crippen LogP contribution in [0.3, 0.4) is 0 Å². The van der Waals surface area contributed by atoms with Crippen molar-refractivity contribution in [3.63, 3.8) is 0 Å². The molecule has 1 N–H and O–H groups in total. The van der Waals surface area contributed by atoms with E-state index in [0.29, 0.717) is 6.61 Å². The molecular weight excluding hydrogens is 413 g/mol. The standard InChI is InChI=1S/C17H18Br2FNO/c1-2-22-17-15(18)9-13(10-16(17)19)11-21-8-7-12-3-5-14(20)6-4-12/h3-6,9-10,21H,2,7-8,11H2,1H3. The summed E-state index contributed by atoms with van der Waals surface area (Å²) in [5.41, 5.74) is 2.30. The lowest BCUT2D eigenvalue weighted by atomic mass is 10.1. The Balaban J connectivity index is 1.85. The molecule has 0 aliphatic rings. The molecule has 0 spiro atoms. The van der Waals surface area contributed by atoms with Crippen molar-refractivity contribution in [3.05, 3.63) is 62.3 Å². The van der Waals surface area contributed by atoms with Crippen molar-refractivity contribution in [1.82, 2.24) is 5.32 Å². The number of benzene rings is 2. The van der Waals surface area contributed by atoms with Crippen LogP contribution in [0.4, 0.5) is 4.39 Å². The molecule has 0 heterocycles. The zero-order chi connectivity index (χ0) is 15.9. The Bertz CT molecular complexity index is 594. The van der Waals surface area contributed by atoms with Crippen LogP contribution in [-0.4, -0.2) is 13.2 Å². The van der Waals surface area contributed by atoms with Gasteiger partial charge < -0.3 is 10.1 Å². The van der Waals surface area contributed by atoms with E-state index >= 15 is 0 Å². The van der Waals surface area contributed by atoms with Gasteiger partial charge in [-0.25, -0.2) is 4.39 Å². The van der Waals surface area contributed by atoms with Gasteiger partial charge in [-0.3, -0.25) is 0 Å². The van der Waals surface area contributed by atoms with Crippen LogP contribution < -0.4 is 10.1 Å². The molecular formula is C17H18Br2FNO. The third-order valence-corrected chi connectivity index (χ3v) is 4.36. The molecule has 0 unspecified atom stereocenters. The first-order chi connectivity index (χ1) is 10.6. The Hall–Kier alpha value is -0.910. The maximum Gasteiger partial charge on any atom is 0.147 e. The second kappa shape index (κ2) is 8.65. The van der Waals surface area contributed by atoms with Crippen LogP contribution >= 0.6 is 31.9 Å². The predicted octanol–water partition coefficient (Wildman–Crippen LogP) is 5.08. The number of rotatable bonds is 7. The van der Waals surface area contributed by atoms with Crippen LogP contribution in [0.1, 0.15) is 18.1 Å². The Labute approximate surface area is 147 Å². The van der Waals surface area contributed by atoms with Crippen molar-refractivity contribution < 1.29 is 9.13 Å². The molecule has 0 aliphatic heterocycles. The quantitative estimate of drug-likeness (QED) is 0.618. The summed E-state index contributed by atoms with van der Waals surface area (Å²) in [6, 6.07) is 10.7. The van der Waals surface area contributed by atoms with Gasteiger partial charge in [0.25, 0.3) is 0 Å². The topological polar surface area (TPSA) is 21.3 Å². The summed E-state index contributed by atoms with van der Waals surface area (Å²) >= 11 is 7.07. The van der Waals surface area contributed by atoms with Gasteiger partial charge >= 0.3 is 0 Å². The summed E-state index contributed by atoms with van der Waals surface area (Å²) in [6.07, 6.45) is 0.875. The second-order valence-corrected chi connectivity index (χ2v) is 6.58. The SMILES string of the molecule is CCOc1c(Br)cc(CNCCc2ccc(F)cc2)cc1Br. The van der Waals surface area contributed by atoms with E-state index in [1.54, 1.807) is 0 Å². The molecule has 5 heteroatoms. The number of ether oxygens (including phenoxy) is 1. The normalized spacial score (nSPS) is 10.7. The highest BCUT2D eigenvalue weighted by atomic mass is 79.9. The molecule has 0 aromatic heterocycles. The zero-order valence-corrected chi connectivity index (χ0v) is 15.5. The van der Waals surface area contributed by atoms with Gasteiger partial charge in [-0.15, -0.1) is 0 Å². The number of hydrogen-bond acceptors (Lipinski definition) is 2. The minimum atomic E-state index is -0.194. The van der Waals surface area contributed by atoms with Crippen LogP contribution in [0.2, 0.25) is 0 Å². The molecule has 2 nitrogen and oxygen atoms in total. The number of hydrogen-bond donors (Lipinski definition) is 1. The van der Waals surface area contributed by atoms with Crippen molar-refractivity contribution in [3.8, 4) is 5.75 Å². The predicted molar refractivity (Wildman–Crippen MR) is 94.8 cm³/mol. The lowest BCUT2D eigenvalue weighted by molar-refractivity contribution is 0.336. The van der Waals surface area contributed by atoms with Crippen LogP contribution in [-0.2, 0) is 13.0 Å². The van der Waals surface area contributed by atoms with E-state index in [1.165, 1.54) is 17.7 Å². The summed E-state index contributed by atoms with van der Waals surface area (Å²) in [4.78, 5) is 0. The highest BCUT2D eigenvalue weighted by Gasteiger charge is 2.08. The first-order valence-corrected chi connectivity index (χ1v) is 8.74. The van der Waals surface area contributed by atoms with E-state index in [2.05, 4.69) is 49.3 Å². The fraction of sp³-hybridized carbons (Fsp3) is 0.294. The van der Waals surface area contributed by atoms with E-state index in [9.17, 15) is 4.39 Å². The van der Waals surface area contributed by atoms with Crippen molar-refractivity contribution in [1.29, 1.82) is 0 Å². The molecule has 0 radical (unpaired) electrons. The van der Waals surface area contributed by atoms with Gasteiger partial charge in [0.1, 0.15) is 11.6 Å². The lowest BCUT2D eigenvalue weighted by Crippen LogP contribution is -2.16. The molecule has 2 rings (SSSR count). The Morgan fingerprint density at radius 1 is 1.05 bits per heavy atom. The van der Waals surface area contributed by atoms with Gasteiger partial charge in [0.2, 0.25) is 0 Å². The van der Waals surface area contributed by atoms with Crippen molar-refractivity contribution >= 4 is 31.9 Å². The summed E-state index contributed by atoms with van der Waals surface area (Å²) in [5.74, 6) is 0.637. The Morgan fingerprint density at radius 3 is 2.27 bits per heavy atom. The molecule has 0 fully saturated rings. The highest BCUT2D eigenvalue weighted by molar-refractivity contribution is 9.11. The fourth-order valence-electron chi connectivity index (χ4n) is 2.11. The van der Waals surface area contributed by atoms with E-state index in [1.807, 2.05) is 19.1 Å². The molecule has 22 heavy (non-hydrogen) atoms. The number of nitrogens with one attached hydrogen (secondary N) is 1. The lowest BCUT2D eigenvalue weighted by Gasteiger charge is -2.11. The summed E-state index contributed by atoms with van der Waals surface area (Å²) in [7, 11) is 0. The molecule has 2 aromatic rings. The van der Waals surface area contributed by atoms with Gasteiger partial charge in [-0.1, -0.05) is 12.1 Å².